The Hall–Kier alpha value is -0.620. The Kier molecular flexibility index (Phi) is 6.08. The van der Waals surface area contributed by atoms with E-state index in [-0.39, 0.29) is 23.5 Å². The number of hydrogen-bond donors (Lipinski definition) is 1. The van der Waals surface area contributed by atoms with Gasteiger partial charge >= 0.3 is 0 Å². The molecule has 1 aliphatic heterocycles. The maximum Gasteiger partial charge on any atom is 0.239 e. The third kappa shape index (κ3) is 4.94. The first-order valence-electron chi connectivity index (χ1n) is 6.69. The van der Waals surface area contributed by atoms with Crippen molar-refractivity contribution in [3.8, 4) is 0 Å². The van der Waals surface area contributed by atoms with Gasteiger partial charge in [0, 0.05) is 25.4 Å². The second kappa shape index (κ2) is 7.09. The zero-order valence-electron chi connectivity index (χ0n) is 11.3. The van der Waals surface area contributed by atoms with Gasteiger partial charge in [-0.3, -0.25) is 4.79 Å². The van der Waals surface area contributed by atoms with Gasteiger partial charge in [0.15, 0.2) is 9.84 Å². The molecule has 1 fully saturated rings. The molecule has 0 aromatic rings. The molecular weight excluding hydrogens is 252 g/mol. The summed E-state index contributed by atoms with van der Waals surface area (Å²) in [4.78, 5) is 13.9. The summed E-state index contributed by atoms with van der Waals surface area (Å²) in [6.07, 6.45) is 3.34. The zero-order valence-corrected chi connectivity index (χ0v) is 12.1. The van der Waals surface area contributed by atoms with Crippen molar-refractivity contribution in [1.29, 1.82) is 0 Å². The molecule has 1 N–H and O–H groups in total. The van der Waals surface area contributed by atoms with E-state index in [2.05, 4.69) is 5.32 Å². The number of likely N-dealkylation sites (tertiary alicyclic amines) is 1. The lowest BCUT2D eigenvalue weighted by molar-refractivity contribution is -0.133. The minimum Gasteiger partial charge on any atom is -0.341 e. The minimum absolute atomic E-state index is 0.0867. The molecule has 1 rings (SSSR count). The molecule has 1 atom stereocenters. The van der Waals surface area contributed by atoms with Crippen LogP contribution in [-0.4, -0.2) is 56.4 Å². The third-order valence-electron chi connectivity index (χ3n) is 3.34. The maximum absolute atomic E-state index is 12.0. The maximum atomic E-state index is 12.0. The van der Waals surface area contributed by atoms with Crippen molar-refractivity contribution in [3.05, 3.63) is 0 Å². The van der Waals surface area contributed by atoms with E-state index in [4.69, 9.17) is 0 Å². The summed E-state index contributed by atoms with van der Waals surface area (Å²) < 4.78 is 22.6. The standard InChI is InChI=1S/C12H24N2O3S/c1-3-18(16,17)10-7-13-11(2)12(15)14-8-5-4-6-9-14/h11,13H,3-10H2,1-2H3. The summed E-state index contributed by atoms with van der Waals surface area (Å²) in [5.74, 6) is 0.341. The molecule has 0 radical (unpaired) electrons. The second-order valence-electron chi connectivity index (χ2n) is 4.80. The van der Waals surface area contributed by atoms with Crippen LogP contribution in [-0.2, 0) is 14.6 Å². The molecule has 0 spiro atoms. The van der Waals surface area contributed by atoms with Crippen molar-refractivity contribution in [2.75, 3.05) is 31.1 Å². The molecule has 1 amide bonds. The Balaban J connectivity index is 2.31. The van der Waals surface area contributed by atoms with Crippen molar-refractivity contribution >= 4 is 15.7 Å². The molecule has 0 aromatic carbocycles. The quantitative estimate of drug-likeness (QED) is 0.763. The number of piperidine rings is 1. The number of rotatable bonds is 6. The van der Waals surface area contributed by atoms with E-state index in [0.717, 1.165) is 25.9 Å². The summed E-state index contributed by atoms with van der Waals surface area (Å²) in [5.41, 5.74) is 0. The molecule has 0 saturated carbocycles. The van der Waals surface area contributed by atoms with Gasteiger partial charge in [0.25, 0.3) is 0 Å². The van der Waals surface area contributed by atoms with Crippen LogP contribution in [0.15, 0.2) is 0 Å². The van der Waals surface area contributed by atoms with Gasteiger partial charge in [-0.1, -0.05) is 6.92 Å². The number of hydrogen-bond acceptors (Lipinski definition) is 4. The first-order valence-corrected chi connectivity index (χ1v) is 8.51. The molecule has 1 unspecified atom stereocenters. The lowest BCUT2D eigenvalue weighted by atomic mass is 10.1. The smallest absolute Gasteiger partial charge is 0.239 e. The molecule has 0 aliphatic carbocycles. The van der Waals surface area contributed by atoms with Gasteiger partial charge in [0.1, 0.15) is 0 Å². The Bertz CT molecular complexity index is 362. The number of carbonyl (C=O) groups is 1. The highest BCUT2D eigenvalue weighted by atomic mass is 32.2. The SMILES string of the molecule is CCS(=O)(=O)CCNC(C)C(=O)N1CCCCC1. The van der Waals surface area contributed by atoms with Crippen LogP contribution in [0.3, 0.4) is 0 Å². The van der Waals surface area contributed by atoms with Gasteiger partial charge in [-0.15, -0.1) is 0 Å². The summed E-state index contributed by atoms with van der Waals surface area (Å²) in [6, 6.07) is -0.296. The molecule has 0 aromatic heterocycles. The van der Waals surface area contributed by atoms with Gasteiger partial charge in [-0.05, 0) is 26.2 Å². The van der Waals surface area contributed by atoms with E-state index in [9.17, 15) is 13.2 Å². The van der Waals surface area contributed by atoms with Gasteiger partial charge < -0.3 is 10.2 Å². The van der Waals surface area contributed by atoms with Crippen LogP contribution in [0.25, 0.3) is 0 Å². The highest BCUT2D eigenvalue weighted by molar-refractivity contribution is 7.91. The molecular formula is C12H24N2O3S. The van der Waals surface area contributed by atoms with Crippen LogP contribution in [0.5, 0.6) is 0 Å². The summed E-state index contributed by atoms with van der Waals surface area (Å²) in [7, 11) is -2.95. The molecule has 1 heterocycles. The summed E-state index contributed by atoms with van der Waals surface area (Å²) >= 11 is 0. The predicted molar refractivity (Wildman–Crippen MR) is 72.2 cm³/mol. The van der Waals surface area contributed by atoms with Crippen molar-refractivity contribution < 1.29 is 13.2 Å². The Morgan fingerprint density at radius 1 is 1.28 bits per heavy atom. The Morgan fingerprint density at radius 3 is 2.44 bits per heavy atom. The van der Waals surface area contributed by atoms with E-state index in [1.165, 1.54) is 6.42 Å². The fraction of sp³-hybridized carbons (Fsp3) is 0.917. The first-order chi connectivity index (χ1) is 8.46. The monoisotopic (exact) mass is 276 g/mol. The molecule has 6 heteroatoms. The molecule has 1 saturated heterocycles. The van der Waals surface area contributed by atoms with Crippen LogP contribution in [0.1, 0.15) is 33.1 Å². The number of nitrogens with one attached hydrogen (secondary N) is 1. The summed E-state index contributed by atoms with van der Waals surface area (Å²) in [5, 5.41) is 3.00. The second-order valence-corrected chi connectivity index (χ2v) is 7.27. The van der Waals surface area contributed by atoms with Crippen LogP contribution >= 0.6 is 0 Å². The van der Waals surface area contributed by atoms with Gasteiger partial charge in [-0.2, -0.15) is 0 Å². The first kappa shape index (κ1) is 15.4. The predicted octanol–water partition coefficient (Wildman–Crippen LogP) is 0.412. The molecule has 1 aliphatic rings. The molecule has 5 nitrogen and oxygen atoms in total. The van der Waals surface area contributed by atoms with Gasteiger partial charge in [0.05, 0.1) is 11.8 Å². The largest absolute Gasteiger partial charge is 0.341 e. The zero-order chi connectivity index (χ0) is 13.6. The highest BCUT2D eigenvalue weighted by Gasteiger charge is 2.21. The highest BCUT2D eigenvalue weighted by Crippen LogP contribution is 2.09. The Labute approximate surface area is 110 Å². The molecule has 0 bridgehead atoms. The average Bonchev–Trinajstić information content (AvgIpc) is 2.38. The van der Waals surface area contributed by atoms with Crippen LogP contribution in [0.4, 0.5) is 0 Å². The lowest BCUT2D eigenvalue weighted by Crippen LogP contribution is -2.47. The number of nitrogens with zero attached hydrogens (tertiary/aromatic N) is 1. The number of carbonyl (C=O) groups excluding carboxylic acids is 1. The molecule has 106 valence electrons. The van der Waals surface area contributed by atoms with E-state index in [0.29, 0.717) is 6.54 Å². The fourth-order valence-corrected chi connectivity index (χ4v) is 2.77. The van der Waals surface area contributed by atoms with Gasteiger partial charge in [0.2, 0.25) is 5.91 Å². The van der Waals surface area contributed by atoms with Crippen LogP contribution in [0.2, 0.25) is 0 Å². The van der Waals surface area contributed by atoms with Gasteiger partial charge in [-0.25, -0.2) is 8.42 Å². The fourth-order valence-electron chi connectivity index (χ4n) is 2.05. The van der Waals surface area contributed by atoms with Crippen molar-refractivity contribution in [1.82, 2.24) is 10.2 Å². The van der Waals surface area contributed by atoms with E-state index in [1.54, 1.807) is 13.8 Å². The van der Waals surface area contributed by atoms with E-state index < -0.39 is 9.84 Å². The normalized spacial score (nSPS) is 18.7. The topological polar surface area (TPSA) is 66.5 Å². The van der Waals surface area contributed by atoms with Crippen molar-refractivity contribution in [3.63, 3.8) is 0 Å². The number of amides is 1. The summed E-state index contributed by atoms with van der Waals surface area (Å²) in [6.45, 7) is 5.44. The Morgan fingerprint density at radius 2 is 1.89 bits per heavy atom. The minimum atomic E-state index is -2.95. The van der Waals surface area contributed by atoms with E-state index >= 15 is 0 Å². The molecule has 18 heavy (non-hydrogen) atoms. The van der Waals surface area contributed by atoms with Crippen molar-refractivity contribution in [2.24, 2.45) is 0 Å². The van der Waals surface area contributed by atoms with E-state index in [1.807, 2.05) is 4.90 Å². The van der Waals surface area contributed by atoms with Crippen LogP contribution in [0, 0.1) is 0 Å². The average molecular weight is 276 g/mol. The van der Waals surface area contributed by atoms with Crippen LogP contribution < -0.4 is 5.32 Å². The lowest BCUT2D eigenvalue weighted by Gasteiger charge is -2.29. The third-order valence-corrected chi connectivity index (χ3v) is 5.05. The van der Waals surface area contributed by atoms with Crippen molar-refractivity contribution in [2.45, 2.75) is 39.2 Å². The number of sulfone groups is 1.